The lowest BCUT2D eigenvalue weighted by Gasteiger charge is -2.10. The summed E-state index contributed by atoms with van der Waals surface area (Å²) in [7, 11) is 0. The van der Waals surface area contributed by atoms with Crippen LogP contribution in [0.2, 0.25) is 0 Å². The molecule has 0 atom stereocenters. The average Bonchev–Trinajstić information content (AvgIpc) is 3.76. The van der Waals surface area contributed by atoms with E-state index in [1.54, 1.807) is 0 Å². The number of benzene rings is 7. The van der Waals surface area contributed by atoms with Crippen LogP contribution in [0.25, 0.3) is 71.8 Å². The van der Waals surface area contributed by atoms with Crippen LogP contribution < -0.4 is 0 Å². The van der Waals surface area contributed by atoms with Crippen molar-refractivity contribution in [1.82, 2.24) is 0 Å². The first kappa shape index (κ1) is 30.3. The number of furan rings is 2. The van der Waals surface area contributed by atoms with Gasteiger partial charge < -0.3 is 8.83 Å². The maximum absolute atomic E-state index is 6.43. The normalized spacial score (nSPS) is 12.3. The number of hydrogen-bond acceptors (Lipinski definition) is 3. The molecule has 0 amide bonds. The fourth-order valence-electron chi connectivity index (χ4n) is 6.85. The molecular formula is C47H32N2O2. The molecule has 2 aromatic heterocycles. The summed E-state index contributed by atoms with van der Waals surface area (Å²) in [6.07, 6.45) is 0. The van der Waals surface area contributed by atoms with Crippen LogP contribution in [0.4, 0.5) is 0 Å². The van der Waals surface area contributed by atoms with Crippen LogP contribution >= 0.6 is 0 Å². The molecule has 2 heterocycles. The van der Waals surface area contributed by atoms with Gasteiger partial charge in [0.2, 0.25) is 0 Å². The summed E-state index contributed by atoms with van der Waals surface area (Å²) in [6.45, 7) is 6.45. The highest BCUT2D eigenvalue weighted by atomic mass is 16.3. The third kappa shape index (κ3) is 5.63. The number of para-hydroxylation sites is 2. The molecule has 0 radical (unpaired) electrons. The standard InChI is InChI=1S/C47H32N2O2/c1-30(34-18-13-19-35(26-34)32-14-5-3-6-15-32)48-47(36-24-25-39-38-20-9-11-22-42(38)50-44(39)28-36)49-31(2)37-27-41(33-16-7-4-8-17-33)46-40-21-10-12-23-43(40)51-45(46)29-37/h3-29H,1H2,2H3. The molecular weight excluding hydrogens is 625 g/mol. The Kier molecular flexibility index (Phi) is 7.48. The second kappa shape index (κ2) is 12.6. The molecule has 242 valence electrons. The minimum atomic E-state index is 0.538. The van der Waals surface area contributed by atoms with Crippen LogP contribution in [0.1, 0.15) is 23.6 Å². The first-order chi connectivity index (χ1) is 25.1. The maximum atomic E-state index is 6.43. The summed E-state index contributed by atoms with van der Waals surface area (Å²) in [4.78, 5) is 10.4. The largest absolute Gasteiger partial charge is 0.456 e. The first-order valence-electron chi connectivity index (χ1n) is 17.0. The molecule has 0 aliphatic heterocycles. The van der Waals surface area contributed by atoms with Crippen molar-refractivity contribution in [2.24, 2.45) is 9.98 Å². The third-order valence-corrected chi connectivity index (χ3v) is 9.44. The molecule has 9 aromatic rings. The van der Waals surface area contributed by atoms with Gasteiger partial charge >= 0.3 is 0 Å². The number of amidine groups is 1. The number of fused-ring (bicyclic) bond motifs is 6. The van der Waals surface area contributed by atoms with Gasteiger partial charge in [0.1, 0.15) is 22.3 Å². The monoisotopic (exact) mass is 656 g/mol. The van der Waals surface area contributed by atoms with E-state index in [0.717, 1.165) is 88.5 Å². The van der Waals surface area contributed by atoms with Gasteiger partial charge in [0.25, 0.3) is 0 Å². The molecule has 0 fully saturated rings. The molecule has 4 nitrogen and oxygen atoms in total. The van der Waals surface area contributed by atoms with Crippen LogP contribution in [0.15, 0.2) is 189 Å². The predicted octanol–water partition coefficient (Wildman–Crippen LogP) is 12.7. The lowest BCUT2D eigenvalue weighted by atomic mass is 9.96. The van der Waals surface area contributed by atoms with Crippen LogP contribution in [0.3, 0.4) is 0 Å². The zero-order valence-electron chi connectivity index (χ0n) is 28.0. The Labute approximate surface area is 295 Å². The summed E-state index contributed by atoms with van der Waals surface area (Å²) in [5.41, 5.74) is 11.8. The van der Waals surface area contributed by atoms with Crippen LogP contribution in [-0.2, 0) is 0 Å². The van der Waals surface area contributed by atoms with Crippen molar-refractivity contribution in [3.8, 4) is 22.3 Å². The van der Waals surface area contributed by atoms with Gasteiger partial charge in [0, 0.05) is 43.9 Å². The average molecular weight is 657 g/mol. The van der Waals surface area contributed by atoms with Gasteiger partial charge in [-0.05, 0) is 71.6 Å². The quantitative estimate of drug-likeness (QED) is 0.132. The molecule has 4 heteroatoms. The summed E-state index contributed by atoms with van der Waals surface area (Å²) in [6, 6.07) is 55.8. The Morgan fingerprint density at radius 3 is 1.84 bits per heavy atom. The van der Waals surface area contributed by atoms with E-state index >= 15 is 0 Å². The molecule has 0 aliphatic rings. The summed E-state index contributed by atoms with van der Waals surface area (Å²) in [5.74, 6) is 0.538. The van der Waals surface area contributed by atoms with Gasteiger partial charge in [-0.1, -0.05) is 128 Å². The topological polar surface area (TPSA) is 51.0 Å². The molecule has 0 saturated heterocycles. The Morgan fingerprint density at radius 1 is 0.451 bits per heavy atom. The van der Waals surface area contributed by atoms with Crippen molar-refractivity contribution in [3.63, 3.8) is 0 Å². The van der Waals surface area contributed by atoms with E-state index in [2.05, 4.69) is 97.6 Å². The Morgan fingerprint density at radius 2 is 1.06 bits per heavy atom. The minimum Gasteiger partial charge on any atom is -0.456 e. The van der Waals surface area contributed by atoms with E-state index in [0.29, 0.717) is 11.5 Å². The van der Waals surface area contributed by atoms with E-state index in [4.69, 9.17) is 18.8 Å². The van der Waals surface area contributed by atoms with Gasteiger partial charge in [-0.2, -0.15) is 0 Å². The van der Waals surface area contributed by atoms with Crippen molar-refractivity contribution < 1.29 is 8.83 Å². The lowest BCUT2D eigenvalue weighted by Crippen LogP contribution is -2.05. The minimum absolute atomic E-state index is 0.538. The van der Waals surface area contributed by atoms with Crippen LogP contribution in [0.5, 0.6) is 0 Å². The lowest BCUT2D eigenvalue weighted by molar-refractivity contribution is 0.668. The van der Waals surface area contributed by atoms with E-state index in [1.165, 1.54) is 0 Å². The van der Waals surface area contributed by atoms with Crippen molar-refractivity contribution >= 4 is 61.1 Å². The molecule has 9 rings (SSSR count). The zero-order valence-corrected chi connectivity index (χ0v) is 28.0. The van der Waals surface area contributed by atoms with E-state index in [-0.39, 0.29) is 0 Å². The smallest absolute Gasteiger partial charge is 0.160 e. The number of hydrogen-bond donors (Lipinski definition) is 0. The first-order valence-corrected chi connectivity index (χ1v) is 17.0. The van der Waals surface area contributed by atoms with Crippen molar-refractivity contribution in [3.05, 3.63) is 187 Å². The van der Waals surface area contributed by atoms with Crippen LogP contribution in [0, 0.1) is 0 Å². The Hall–Kier alpha value is -6.78. The summed E-state index contributed by atoms with van der Waals surface area (Å²) in [5, 5.41) is 4.30. The highest BCUT2D eigenvalue weighted by Crippen LogP contribution is 2.38. The molecule has 0 aliphatic carbocycles. The van der Waals surface area contributed by atoms with Gasteiger partial charge in [-0.3, -0.25) is 0 Å². The second-order valence-electron chi connectivity index (χ2n) is 12.7. The molecule has 0 spiro atoms. The third-order valence-electron chi connectivity index (χ3n) is 9.44. The molecule has 7 aromatic carbocycles. The van der Waals surface area contributed by atoms with Crippen LogP contribution in [-0.4, -0.2) is 11.5 Å². The number of nitrogens with zero attached hydrogens (tertiary/aromatic N) is 2. The molecule has 0 N–H and O–H groups in total. The fourth-order valence-corrected chi connectivity index (χ4v) is 6.85. The van der Waals surface area contributed by atoms with Gasteiger partial charge in [-0.25, -0.2) is 9.98 Å². The fraction of sp³-hybridized carbons (Fsp3) is 0.0213. The van der Waals surface area contributed by atoms with E-state index < -0.39 is 0 Å². The summed E-state index contributed by atoms with van der Waals surface area (Å²) < 4.78 is 12.7. The number of aliphatic imine (C=N–C) groups is 2. The molecule has 0 saturated carbocycles. The van der Waals surface area contributed by atoms with Gasteiger partial charge in [0.05, 0.1) is 5.70 Å². The van der Waals surface area contributed by atoms with Gasteiger partial charge in [-0.15, -0.1) is 0 Å². The maximum Gasteiger partial charge on any atom is 0.160 e. The highest BCUT2D eigenvalue weighted by Gasteiger charge is 2.17. The van der Waals surface area contributed by atoms with Crippen molar-refractivity contribution in [2.75, 3.05) is 0 Å². The van der Waals surface area contributed by atoms with Crippen molar-refractivity contribution in [1.29, 1.82) is 0 Å². The van der Waals surface area contributed by atoms with E-state index in [1.807, 2.05) is 79.7 Å². The van der Waals surface area contributed by atoms with E-state index in [9.17, 15) is 0 Å². The Bertz CT molecular complexity index is 2820. The SMILES string of the molecule is C=C(N=C(N=C(C)c1cc(-c2ccccc2)c2c(c1)oc1ccccc12)c1ccc2c(c1)oc1ccccc12)c1cccc(-c2ccccc2)c1. The number of rotatable bonds is 6. The Balaban J connectivity index is 1.20. The zero-order chi connectivity index (χ0) is 34.3. The van der Waals surface area contributed by atoms with Crippen molar-refractivity contribution in [2.45, 2.75) is 6.92 Å². The molecule has 0 bridgehead atoms. The molecule has 51 heavy (non-hydrogen) atoms. The molecule has 0 unspecified atom stereocenters. The predicted molar refractivity (Wildman–Crippen MR) is 213 cm³/mol. The second-order valence-corrected chi connectivity index (χ2v) is 12.7. The summed E-state index contributed by atoms with van der Waals surface area (Å²) >= 11 is 0. The highest BCUT2D eigenvalue weighted by molar-refractivity contribution is 6.18. The van der Waals surface area contributed by atoms with Gasteiger partial charge in [0.15, 0.2) is 5.84 Å².